The van der Waals surface area contributed by atoms with Gasteiger partial charge in [-0.25, -0.2) is 9.37 Å². The molecule has 0 fully saturated rings. The molecule has 92 valence electrons. The highest BCUT2D eigenvalue weighted by Gasteiger charge is 2.13. The SMILES string of the molecule is N#Cc1ccc2nc(N)n(-c3ccccc3F)c2c1. The molecule has 0 spiro atoms. The van der Waals surface area contributed by atoms with Crippen molar-refractivity contribution >= 4 is 17.0 Å². The van der Waals surface area contributed by atoms with E-state index in [1.54, 1.807) is 36.4 Å². The molecule has 0 radical (unpaired) electrons. The zero-order valence-corrected chi connectivity index (χ0v) is 9.84. The molecule has 0 aliphatic rings. The van der Waals surface area contributed by atoms with Gasteiger partial charge in [0.1, 0.15) is 5.82 Å². The molecule has 5 heteroatoms. The average molecular weight is 252 g/mol. The van der Waals surface area contributed by atoms with E-state index in [1.807, 2.05) is 6.07 Å². The van der Waals surface area contributed by atoms with Crippen LogP contribution in [-0.4, -0.2) is 9.55 Å². The van der Waals surface area contributed by atoms with Crippen molar-refractivity contribution in [2.24, 2.45) is 0 Å². The van der Waals surface area contributed by atoms with Crippen LogP contribution >= 0.6 is 0 Å². The lowest BCUT2D eigenvalue weighted by atomic mass is 10.2. The number of anilines is 1. The molecule has 0 atom stereocenters. The fourth-order valence-corrected chi connectivity index (χ4v) is 2.05. The quantitative estimate of drug-likeness (QED) is 0.723. The molecular formula is C14H9FN4. The summed E-state index contributed by atoms with van der Waals surface area (Å²) in [6.07, 6.45) is 0. The van der Waals surface area contributed by atoms with Crippen molar-refractivity contribution in [3.05, 3.63) is 53.8 Å². The number of hydrogen-bond acceptors (Lipinski definition) is 3. The Balaban J connectivity index is 2.38. The second-order valence-corrected chi connectivity index (χ2v) is 4.07. The molecule has 0 bridgehead atoms. The van der Waals surface area contributed by atoms with E-state index in [0.29, 0.717) is 22.3 Å². The molecule has 1 heterocycles. The summed E-state index contributed by atoms with van der Waals surface area (Å²) in [7, 11) is 0. The maximum atomic E-state index is 13.9. The van der Waals surface area contributed by atoms with Crippen LogP contribution in [0.25, 0.3) is 16.7 Å². The van der Waals surface area contributed by atoms with E-state index in [2.05, 4.69) is 4.98 Å². The monoisotopic (exact) mass is 252 g/mol. The van der Waals surface area contributed by atoms with Crippen molar-refractivity contribution in [3.63, 3.8) is 0 Å². The van der Waals surface area contributed by atoms with Crippen LogP contribution in [0.3, 0.4) is 0 Å². The minimum Gasteiger partial charge on any atom is -0.369 e. The first kappa shape index (κ1) is 11.2. The first-order chi connectivity index (χ1) is 9.20. The van der Waals surface area contributed by atoms with Crippen LogP contribution in [0, 0.1) is 17.1 Å². The molecule has 2 N–H and O–H groups in total. The molecule has 0 aliphatic heterocycles. The molecular weight excluding hydrogens is 243 g/mol. The lowest BCUT2D eigenvalue weighted by molar-refractivity contribution is 0.620. The second-order valence-electron chi connectivity index (χ2n) is 4.07. The van der Waals surface area contributed by atoms with E-state index < -0.39 is 5.82 Å². The summed E-state index contributed by atoms with van der Waals surface area (Å²) in [5.41, 5.74) is 7.88. The lowest BCUT2D eigenvalue weighted by Crippen LogP contribution is -2.02. The smallest absolute Gasteiger partial charge is 0.206 e. The van der Waals surface area contributed by atoms with Crippen molar-refractivity contribution in [1.29, 1.82) is 5.26 Å². The van der Waals surface area contributed by atoms with Crippen LogP contribution in [0.5, 0.6) is 0 Å². The van der Waals surface area contributed by atoms with Gasteiger partial charge in [0.25, 0.3) is 0 Å². The molecule has 0 unspecified atom stereocenters. The topological polar surface area (TPSA) is 67.6 Å². The fourth-order valence-electron chi connectivity index (χ4n) is 2.05. The second kappa shape index (κ2) is 4.10. The van der Waals surface area contributed by atoms with Crippen LogP contribution in [0.1, 0.15) is 5.56 Å². The van der Waals surface area contributed by atoms with Gasteiger partial charge in [-0.2, -0.15) is 5.26 Å². The van der Waals surface area contributed by atoms with Crippen LogP contribution in [0.2, 0.25) is 0 Å². The van der Waals surface area contributed by atoms with Gasteiger partial charge in [-0.1, -0.05) is 12.1 Å². The number of halogens is 1. The van der Waals surface area contributed by atoms with Crippen molar-refractivity contribution in [3.8, 4) is 11.8 Å². The van der Waals surface area contributed by atoms with Gasteiger partial charge in [0.05, 0.1) is 28.4 Å². The molecule has 2 aromatic carbocycles. The van der Waals surface area contributed by atoms with E-state index in [4.69, 9.17) is 11.0 Å². The number of nitriles is 1. The van der Waals surface area contributed by atoms with Crippen LogP contribution in [0.4, 0.5) is 10.3 Å². The first-order valence-corrected chi connectivity index (χ1v) is 5.63. The summed E-state index contributed by atoms with van der Waals surface area (Å²) in [5, 5.41) is 8.93. The van der Waals surface area contributed by atoms with E-state index in [-0.39, 0.29) is 5.95 Å². The lowest BCUT2D eigenvalue weighted by Gasteiger charge is -2.07. The zero-order chi connectivity index (χ0) is 13.4. The Bertz CT molecular complexity index is 814. The Kier molecular flexibility index (Phi) is 2.43. The fraction of sp³-hybridized carbons (Fsp3) is 0. The third-order valence-electron chi connectivity index (χ3n) is 2.90. The van der Waals surface area contributed by atoms with Crippen LogP contribution < -0.4 is 5.73 Å². The van der Waals surface area contributed by atoms with Gasteiger partial charge in [-0.15, -0.1) is 0 Å². The Labute approximate surface area is 108 Å². The molecule has 0 aliphatic carbocycles. The van der Waals surface area contributed by atoms with Crippen LogP contribution in [-0.2, 0) is 0 Å². The number of imidazole rings is 1. The van der Waals surface area contributed by atoms with E-state index in [0.717, 1.165) is 0 Å². The Morgan fingerprint density at radius 2 is 2.00 bits per heavy atom. The third-order valence-corrected chi connectivity index (χ3v) is 2.90. The molecule has 0 saturated heterocycles. The largest absolute Gasteiger partial charge is 0.369 e. The zero-order valence-electron chi connectivity index (χ0n) is 9.84. The highest BCUT2D eigenvalue weighted by atomic mass is 19.1. The summed E-state index contributed by atoms with van der Waals surface area (Å²) in [6, 6.07) is 13.3. The summed E-state index contributed by atoms with van der Waals surface area (Å²) >= 11 is 0. The number of aromatic nitrogens is 2. The Morgan fingerprint density at radius 1 is 1.21 bits per heavy atom. The Morgan fingerprint density at radius 3 is 2.74 bits per heavy atom. The molecule has 19 heavy (non-hydrogen) atoms. The minimum atomic E-state index is -0.393. The predicted octanol–water partition coefficient (Wildman–Crippen LogP) is 2.62. The third kappa shape index (κ3) is 1.70. The highest BCUT2D eigenvalue weighted by Crippen LogP contribution is 2.25. The van der Waals surface area contributed by atoms with Crippen molar-refractivity contribution < 1.29 is 4.39 Å². The summed E-state index contributed by atoms with van der Waals surface area (Å²) in [5.74, 6) is -0.203. The van der Waals surface area contributed by atoms with Gasteiger partial charge in [-0.3, -0.25) is 4.57 Å². The molecule has 0 amide bonds. The van der Waals surface area contributed by atoms with Gasteiger partial charge < -0.3 is 5.73 Å². The average Bonchev–Trinajstić information content (AvgIpc) is 2.74. The highest BCUT2D eigenvalue weighted by molar-refractivity contribution is 5.82. The summed E-state index contributed by atoms with van der Waals surface area (Å²) in [6.45, 7) is 0. The van der Waals surface area contributed by atoms with E-state index in [1.165, 1.54) is 10.6 Å². The minimum absolute atomic E-state index is 0.190. The maximum Gasteiger partial charge on any atom is 0.206 e. The number of para-hydroxylation sites is 1. The normalized spacial score (nSPS) is 10.5. The van der Waals surface area contributed by atoms with Gasteiger partial charge in [-0.05, 0) is 30.3 Å². The van der Waals surface area contributed by atoms with Crippen molar-refractivity contribution in [2.45, 2.75) is 0 Å². The van der Waals surface area contributed by atoms with Crippen LogP contribution in [0.15, 0.2) is 42.5 Å². The summed E-state index contributed by atoms with van der Waals surface area (Å²) < 4.78 is 15.4. The number of rotatable bonds is 1. The molecule has 4 nitrogen and oxygen atoms in total. The summed E-state index contributed by atoms with van der Waals surface area (Å²) in [4.78, 5) is 4.17. The molecule has 1 aromatic heterocycles. The number of nitrogen functional groups attached to an aromatic ring is 1. The number of hydrogen-bond donors (Lipinski definition) is 1. The number of nitrogens with zero attached hydrogens (tertiary/aromatic N) is 3. The number of benzene rings is 2. The van der Waals surface area contributed by atoms with Crippen molar-refractivity contribution in [1.82, 2.24) is 9.55 Å². The van der Waals surface area contributed by atoms with E-state index in [9.17, 15) is 4.39 Å². The predicted molar refractivity (Wildman–Crippen MR) is 70.2 cm³/mol. The van der Waals surface area contributed by atoms with E-state index >= 15 is 0 Å². The maximum absolute atomic E-state index is 13.9. The molecule has 0 saturated carbocycles. The van der Waals surface area contributed by atoms with Crippen molar-refractivity contribution in [2.75, 3.05) is 5.73 Å². The molecule has 3 aromatic rings. The first-order valence-electron chi connectivity index (χ1n) is 5.63. The molecule has 3 rings (SSSR count). The standard InChI is InChI=1S/C14H9FN4/c15-10-3-1-2-4-12(10)19-13-7-9(8-16)5-6-11(13)18-14(19)17/h1-7H,(H2,17,18). The Hall–Kier alpha value is -2.87. The van der Waals surface area contributed by atoms with Gasteiger partial charge in [0.2, 0.25) is 5.95 Å². The van der Waals surface area contributed by atoms with Gasteiger partial charge in [0.15, 0.2) is 0 Å². The number of fused-ring (bicyclic) bond motifs is 1. The van der Waals surface area contributed by atoms with Gasteiger partial charge >= 0.3 is 0 Å². The number of nitrogens with two attached hydrogens (primary N) is 1. The van der Waals surface area contributed by atoms with Gasteiger partial charge in [0, 0.05) is 0 Å².